The predicted octanol–water partition coefficient (Wildman–Crippen LogP) is 3.57. The summed E-state index contributed by atoms with van der Waals surface area (Å²) in [6.07, 6.45) is 1.22. The van der Waals surface area contributed by atoms with Gasteiger partial charge in [-0.2, -0.15) is 0 Å². The van der Waals surface area contributed by atoms with Gasteiger partial charge >= 0.3 is 0 Å². The highest BCUT2D eigenvalue weighted by Crippen LogP contribution is 2.46. The lowest BCUT2D eigenvalue weighted by Crippen LogP contribution is -2.35. The van der Waals surface area contributed by atoms with E-state index in [0.29, 0.717) is 12.1 Å². The second kappa shape index (κ2) is 5.75. The average Bonchev–Trinajstić information content (AvgIpc) is 3.01. The van der Waals surface area contributed by atoms with Crippen molar-refractivity contribution in [2.45, 2.75) is 25.4 Å². The van der Waals surface area contributed by atoms with Crippen molar-refractivity contribution in [3.63, 3.8) is 0 Å². The summed E-state index contributed by atoms with van der Waals surface area (Å²) in [5, 5.41) is 3.59. The Morgan fingerprint density at radius 2 is 1.68 bits per heavy atom. The van der Waals surface area contributed by atoms with Crippen LogP contribution in [0.25, 0.3) is 0 Å². The van der Waals surface area contributed by atoms with Crippen LogP contribution in [0, 0.1) is 0 Å². The maximum absolute atomic E-state index is 6.10. The number of hydrogen-bond donors (Lipinski definition) is 1. The quantitative estimate of drug-likeness (QED) is 0.936. The SMILES string of the molecule is CCN[C@@H]1CCN(C2c3ccccc3Oc3ccccc32)C1. The lowest BCUT2D eigenvalue weighted by molar-refractivity contribution is 0.254. The van der Waals surface area contributed by atoms with Crippen LogP contribution < -0.4 is 10.1 Å². The van der Waals surface area contributed by atoms with Crippen molar-refractivity contribution in [1.29, 1.82) is 0 Å². The van der Waals surface area contributed by atoms with Gasteiger partial charge in [0.05, 0.1) is 6.04 Å². The summed E-state index contributed by atoms with van der Waals surface area (Å²) in [4.78, 5) is 2.59. The Bertz CT molecular complexity index is 624. The van der Waals surface area contributed by atoms with E-state index in [4.69, 9.17) is 4.74 Å². The van der Waals surface area contributed by atoms with Gasteiger partial charge < -0.3 is 10.1 Å². The molecule has 114 valence electrons. The first-order chi connectivity index (χ1) is 10.9. The first-order valence-electron chi connectivity index (χ1n) is 8.20. The number of nitrogens with one attached hydrogen (secondary N) is 1. The number of rotatable bonds is 3. The highest BCUT2D eigenvalue weighted by molar-refractivity contribution is 5.53. The zero-order valence-electron chi connectivity index (χ0n) is 13.0. The summed E-state index contributed by atoms with van der Waals surface area (Å²) in [5.74, 6) is 2.00. The molecule has 3 heteroatoms. The zero-order chi connectivity index (χ0) is 14.9. The monoisotopic (exact) mass is 294 g/mol. The van der Waals surface area contributed by atoms with Crippen LogP contribution >= 0.6 is 0 Å². The molecule has 22 heavy (non-hydrogen) atoms. The third kappa shape index (κ3) is 2.31. The first-order valence-corrected chi connectivity index (χ1v) is 8.20. The second-order valence-corrected chi connectivity index (χ2v) is 6.12. The largest absolute Gasteiger partial charge is 0.457 e. The smallest absolute Gasteiger partial charge is 0.132 e. The fraction of sp³-hybridized carbons (Fsp3) is 0.368. The molecule has 0 saturated carbocycles. The van der Waals surface area contributed by atoms with E-state index in [9.17, 15) is 0 Å². The lowest BCUT2D eigenvalue weighted by Gasteiger charge is -2.34. The molecule has 4 rings (SSSR count). The molecule has 0 spiro atoms. The first kappa shape index (κ1) is 13.8. The van der Waals surface area contributed by atoms with E-state index in [0.717, 1.165) is 31.1 Å². The highest BCUT2D eigenvalue weighted by atomic mass is 16.5. The second-order valence-electron chi connectivity index (χ2n) is 6.12. The molecule has 0 radical (unpaired) electrons. The van der Waals surface area contributed by atoms with Crippen LogP contribution in [-0.4, -0.2) is 30.6 Å². The minimum atomic E-state index is 0.310. The molecule has 1 atom stereocenters. The van der Waals surface area contributed by atoms with Gasteiger partial charge in [0.25, 0.3) is 0 Å². The van der Waals surface area contributed by atoms with Gasteiger partial charge in [0.15, 0.2) is 0 Å². The fourth-order valence-electron chi connectivity index (χ4n) is 3.76. The van der Waals surface area contributed by atoms with Crippen molar-refractivity contribution >= 4 is 0 Å². The van der Waals surface area contributed by atoms with Crippen LogP contribution in [0.2, 0.25) is 0 Å². The Balaban J connectivity index is 1.72. The number of likely N-dealkylation sites (N-methyl/N-ethyl adjacent to an activating group) is 1. The molecule has 0 bridgehead atoms. The van der Waals surface area contributed by atoms with E-state index in [2.05, 4.69) is 65.7 Å². The normalized spacial score (nSPS) is 21.2. The number of nitrogens with zero attached hydrogens (tertiary/aromatic N) is 1. The van der Waals surface area contributed by atoms with E-state index in [1.165, 1.54) is 17.5 Å². The molecule has 1 saturated heterocycles. The standard InChI is InChI=1S/C19H22N2O/c1-2-20-14-11-12-21(13-14)19-15-7-3-5-9-17(15)22-18-10-6-4-8-16(18)19/h3-10,14,19-20H,2,11-13H2,1H3/t14-/m1/s1. The van der Waals surface area contributed by atoms with Crippen molar-refractivity contribution in [2.75, 3.05) is 19.6 Å². The molecule has 2 heterocycles. The maximum Gasteiger partial charge on any atom is 0.132 e. The number of hydrogen-bond acceptors (Lipinski definition) is 3. The fourth-order valence-corrected chi connectivity index (χ4v) is 3.76. The number of fused-ring (bicyclic) bond motifs is 2. The molecule has 2 aliphatic heterocycles. The Labute approximate surface area is 131 Å². The average molecular weight is 294 g/mol. The summed E-state index contributed by atoms with van der Waals surface area (Å²) >= 11 is 0. The molecule has 0 aromatic heterocycles. The van der Waals surface area contributed by atoms with Crippen LogP contribution in [0.15, 0.2) is 48.5 Å². The van der Waals surface area contributed by atoms with Crippen LogP contribution in [0.5, 0.6) is 11.5 Å². The lowest BCUT2D eigenvalue weighted by atomic mass is 9.93. The minimum absolute atomic E-state index is 0.310. The van der Waals surface area contributed by atoms with E-state index >= 15 is 0 Å². The van der Waals surface area contributed by atoms with Gasteiger partial charge in [-0.05, 0) is 25.1 Å². The summed E-state index contributed by atoms with van der Waals surface area (Å²) in [7, 11) is 0. The Morgan fingerprint density at radius 3 is 2.32 bits per heavy atom. The number of ether oxygens (including phenoxy) is 1. The summed E-state index contributed by atoms with van der Waals surface area (Å²) in [6.45, 7) is 5.45. The molecule has 1 N–H and O–H groups in total. The van der Waals surface area contributed by atoms with Crippen molar-refractivity contribution < 1.29 is 4.74 Å². The van der Waals surface area contributed by atoms with Crippen molar-refractivity contribution in [2.24, 2.45) is 0 Å². The Kier molecular flexibility index (Phi) is 3.60. The van der Waals surface area contributed by atoms with Crippen LogP contribution in [0.1, 0.15) is 30.5 Å². The molecule has 0 unspecified atom stereocenters. The number of para-hydroxylation sites is 2. The maximum atomic E-state index is 6.10. The Hall–Kier alpha value is -1.84. The molecular formula is C19H22N2O. The van der Waals surface area contributed by atoms with E-state index in [1.54, 1.807) is 0 Å². The van der Waals surface area contributed by atoms with Gasteiger partial charge in [-0.3, -0.25) is 4.90 Å². The molecule has 3 nitrogen and oxygen atoms in total. The van der Waals surface area contributed by atoms with Gasteiger partial charge in [0.2, 0.25) is 0 Å². The van der Waals surface area contributed by atoms with E-state index in [-0.39, 0.29) is 0 Å². The van der Waals surface area contributed by atoms with Crippen LogP contribution in [0.3, 0.4) is 0 Å². The molecule has 0 amide bonds. The third-order valence-corrected chi connectivity index (χ3v) is 4.72. The van der Waals surface area contributed by atoms with Gasteiger partial charge in [-0.25, -0.2) is 0 Å². The topological polar surface area (TPSA) is 24.5 Å². The summed E-state index contributed by atoms with van der Waals surface area (Å²) in [5.41, 5.74) is 2.58. The predicted molar refractivity (Wildman–Crippen MR) is 88.5 cm³/mol. The molecule has 2 aliphatic rings. The Morgan fingerprint density at radius 1 is 1.05 bits per heavy atom. The number of likely N-dealkylation sites (tertiary alicyclic amines) is 1. The van der Waals surface area contributed by atoms with Crippen LogP contribution in [0.4, 0.5) is 0 Å². The van der Waals surface area contributed by atoms with Crippen LogP contribution in [-0.2, 0) is 0 Å². The number of benzene rings is 2. The molecule has 1 fully saturated rings. The molecular weight excluding hydrogens is 272 g/mol. The van der Waals surface area contributed by atoms with E-state index < -0.39 is 0 Å². The summed E-state index contributed by atoms with van der Waals surface area (Å²) in [6, 6.07) is 17.8. The molecule has 0 aliphatic carbocycles. The highest BCUT2D eigenvalue weighted by Gasteiger charge is 2.35. The van der Waals surface area contributed by atoms with Crippen molar-refractivity contribution in [3.05, 3.63) is 59.7 Å². The van der Waals surface area contributed by atoms with E-state index in [1.807, 2.05) is 0 Å². The zero-order valence-corrected chi connectivity index (χ0v) is 13.0. The molecule has 2 aromatic rings. The third-order valence-electron chi connectivity index (χ3n) is 4.72. The van der Waals surface area contributed by atoms with Gasteiger partial charge in [-0.1, -0.05) is 43.3 Å². The van der Waals surface area contributed by atoms with Gasteiger partial charge in [-0.15, -0.1) is 0 Å². The van der Waals surface area contributed by atoms with Crippen molar-refractivity contribution in [3.8, 4) is 11.5 Å². The minimum Gasteiger partial charge on any atom is -0.457 e. The summed E-state index contributed by atoms with van der Waals surface area (Å²) < 4.78 is 6.10. The molecule has 2 aromatic carbocycles. The van der Waals surface area contributed by atoms with Gasteiger partial charge in [0, 0.05) is 30.3 Å². The van der Waals surface area contributed by atoms with Crippen molar-refractivity contribution in [1.82, 2.24) is 10.2 Å². The van der Waals surface area contributed by atoms with Gasteiger partial charge in [0.1, 0.15) is 11.5 Å².